The van der Waals surface area contributed by atoms with Gasteiger partial charge in [-0.1, -0.05) is 19.8 Å². The average molecular weight is 439 g/mol. The van der Waals surface area contributed by atoms with Crippen molar-refractivity contribution in [3.8, 4) is 17.2 Å². The van der Waals surface area contributed by atoms with Gasteiger partial charge in [-0.15, -0.1) is 9.24 Å². The summed E-state index contributed by atoms with van der Waals surface area (Å²) >= 11 is 0. The molecule has 160 valence electrons. The highest BCUT2D eigenvalue weighted by atomic mass is 31.0. The van der Waals surface area contributed by atoms with Crippen molar-refractivity contribution >= 4 is 26.1 Å². The zero-order chi connectivity index (χ0) is 22.7. The molecule has 2 aromatic rings. The number of allylic oxidation sites excluding steroid dienone is 2. The van der Waals surface area contributed by atoms with Gasteiger partial charge in [0.15, 0.2) is 5.78 Å². The zero-order valence-corrected chi connectivity index (χ0v) is 18.9. The molecule has 1 unspecified atom stereocenters. The van der Waals surface area contributed by atoms with Gasteiger partial charge < -0.3 is 4.74 Å². The molecule has 0 N–H and O–H groups in total. The summed E-state index contributed by atoms with van der Waals surface area (Å²) < 4.78 is 34.5. The number of Topliss-reactive ketones (excluding diaryl/α,β-unsaturated/α-hetero) is 1. The first kappa shape index (κ1) is 22.8. The summed E-state index contributed by atoms with van der Waals surface area (Å²) in [5.74, 6) is 0.00635. The Balaban J connectivity index is 0.000000610. The predicted octanol–water partition coefficient (Wildman–Crippen LogP) is 5.96. The third-order valence-corrected chi connectivity index (χ3v) is 5.73. The summed E-state index contributed by atoms with van der Waals surface area (Å²) in [7, 11) is 2.29. The molecule has 1 fully saturated rings. The van der Waals surface area contributed by atoms with E-state index in [0.29, 0.717) is 39.7 Å². The van der Waals surface area contributed by atoms with Gasteiger partial charge in [-0.3, -0.25) is 4.79 Å². The van der Waals surface area contributed by atoms with Crippen LogP contribution in [0.3, 0.4) is 0 Å². The molecule has 6 heteroatoms. The van der Waals surface area contributed by atoms with Crippen LogP contribution in [0.4, 0.5) is 8.78 Å². The summed E-state index contributed by atoms with van der Waals surface area (Å²) in [6.07, 6.45) is 6.59. The molecular weight excluding hydrogens is 415 g/mol. The van der Waals surface area contributed by atoms with Gasteiger partial charge in [0.05, 0.1) is 11.8 Å². The number of benzene rings is 2. The smallest absolute Gasteiger partial charge is 0.159 e. The predicted molar refractivity (Wildman–Crippen MR) is 121 cm³/mol. The Bertz CT molecular complexity index is 1120. The molecule has 0 spiro atoms. The molecule has 1 heterocycles. The fraction of sp³-hybridized carbons (Fsp3) is 0.280. The number of hydrogen-bond acceptors (Lipinski definition) is 3. The van der Waals surface area contributed by atoms with Crippen LogP contribution in [0.2, 0.25) is 0 Å². The maximum Gasteiger partial charge on any atom is 0.159 e. The lowest BCUT2D eigenvalue weighted by Gasteiger charge is -2.18. The highest BCUT2D eigenvalue weighted by Crippen LogP contribution is 2.34. The van der Waals surface area contributed by atoms with E-state index < -0.39 is 11.6 Å². The first-order valence-corrected chi connectivity index (χ1v) is 10.7. The molecular formula is C25H24F2NO2P. The van der Waals surface area contributed by atoms with Crippen LogP contribution in [0, 0.1) is 35.8 Å². The third kappa shape index (κ3) is 5.27. The lowest BCUT2D eigenvalue weighted by atomic mass is 9.94. The molecule has 1 saturated carbocycles. The molecule has 1 atom stereocenters. The van der Waals surface area contributed by atoms with Crippen molar-refractivity contribution in [1.29, 1.82) is 5.26 Å². The minimum Gasteiger partial charge on any atom is -0.464 e. The van der Waals surface area contributed by atoms with Crippen LogP contribution in [0.15, 0.2) is 42.2 Å². The van der Waals surface area contributed by atoms with Gasteiger partial charge in [0.2, 0.25) is 0 Å². The fourth-order valence-corrected chi connectivity index (χ4v) is 3.57. The van der Waals surface area contributed by atoms with E-state index in [1.54, 1.807) is 31.2 Å². The van der Waals surface area contributed by atoms with Crippen LogP contribution < -0.4 is 5.30 Å². The molecule has 0 amide bonds. The molecule has 4 rings (SSSR count). The number of halogens is 2. The molecule has 3 nitrogen and oxygen atoms in total. The lowest BCUT2D eigenvalue weighted by molar-refractivity contribution is -0.113. The number of carbonyl (C=O) groups is 1. The summed E-state index contributed by atoms with van der Waals surface area (Å²) in [4.78, 5) is 11.9. The van der Waals surface area contributed by atoms with E-state index in [1.165, 1.54) is 32.1 Å². The molecule has 0 aromatic heterocycles. The first-order valence-electron chi connectivity index (χ1n) is 10.1. The number of ether oxygens (including phenoxy) is 1. The van der Waals surface area contributed by atoms with E-state index >= 15 is 0 Å². The standard InChI is InChI=1S/C21H16F2NO2P.C4H8/c1-11-6-16(13-7-18(22)17(10-24)20(27)8-13)19(23)9-15(11)21-14(12(2)25)4-3-5-26-21;1-4-2-3-4/h3,5-9H,4,27H2,1-2H3;4H,2-3H2,1H3. The van der Waals surface area contributed by atoms with Gasteiger partial charge in [0.1, 0.15) is 23.5 Å². The molecule has 0 radical (unpaired) electrons. The summed E-state index contributed by atoms with van der Waals surface area (Å²) in [5.41, 5.74) is 2.09. The molecule has 1 aliphatic carbocycles. The molecule has 1 aliphatic heterocycles. The van der Waals surface area contributed by atoms with E-state index in [9.17, 15) is 13.6 Å². The van der Waals surface area contributed by atoms with Crippen LogP contribution in [0.1, 0.15) is 49.8 Å². The first-order chi connectivity index (χ1) is 14.7. The van der Waals surface area contributed by atoms with Crippen molar-refractivity contribution in [3.63, 3.8) is 0 Å². The van der Waals surface area contributed by atoms with Crippen LogP contribution >= 0.6 is 9.24 Å². The number of ketones is 1. The second kappa shape index (κ2) is 9.54. The van der Waals surface area contributed by atoms with Crippen molar-refractivity contribution in [2.45, 2.75) is 40.0 Å². The Kier molecular flexibility index (Phi) is 7.03. The third-order valence-electron chi connectivity index (χ3n) is 5.27. The number of aryl methyl sites for hydroxylation is 1. The Morgan fingerprint density at radius 2 is 1.84 bits per heavy atom. The van der Waals surface area contributed by atoms with Crippen LogP contribution in [-0.2, 0) is 9.53 Å². The van der Waals surface area contributed by atoms with Gasteiger partial charge in [-0.2, -0.15) is 5.26 Å². The van der Waals surface area contributed by atoms with E-state index in [2.05, 4.69) is 16.2 Å². The maximum absolute atomic E-state index is 14.9. The van der Waals surface area contributed by atoms with E-state index in [1.807, 2.05) is 0 Å². The van der Waals surface area contributed by atoms with Gasteiger partial charge in [-0.05, 0) is 66.5 Å². The number of nitrogens with zero attached hydrogens (tertiary/aromatic N) is 1. The van der Waals surface area contributed by atoms with Crippen molar-refractivity contribution in [3.05, 3.63) is 70.5 Å². The van der Waals surface area contributed by atoms with Crippen LogP contribution in [0.5, 0.6) is 0 Å². The number of nitriles is 1. The van der Waals surface area contributed by atoms with Crippen LogP contribution in [-0.4, -0.2) is 5.78 Å². The Labute approximate surface area is 183 Å². The minimum absolute atomic E-state index is 0.0869. The second-order valence-corrected chi connectivity index (χ2v) is 8.54. The van der Waals surface area contributed by atoms with Crippen molar-refractivity contribution in [1.82, 2.24) is 0 Å². The lowest BCUT2D eigenvalue weighted by Crippen LogP contribution is -2.07. The van der Waals surface area contributed by atoms with E-state index in [4.69, 9.17) is 10.00 Å². The van der Waals surface area contributed by atoms with E-state index in [0.717, 1.165) is 12.0 Å². The highest BCUT2D eigenvalue weighted by molar-refractivity contribution is 7.27. The topological polar surface area (TPSA) is 50.1 Å². The highest BCUT2D eigenvalue weighted by Gasteiger charge is 2.21. The van der Waals surface area contributed by atoms with Gasteiger partial charge in [0.25, 0.3) is 0 Å². The molecule has 0 saturated heterocycles. The van der Waals surface area contributed by atoms with Gasteiger partial charge in [0, 0.05) is 23.1 Å². The van der Waals surface area contributed by atoms with Crippen molar-refractivity contribution < 1.29 is 18.3 Å². The molecule has 0 bridgehead atoms. The SMILES string of the molecule is CC(=O)C1=C(c2cc(F)c(-c3cc(F)c(C#N)c(P)c3)cc2C)OC=CC1.CC1CC1. The number of hydrogen-bond donors (Lipinski definition) is 0. The molecule has 2 aliphatic rings. The second-order valence-electron chi connectivity index (χ2n) is 7.92. The Morgan fingerprint density at radius 1 is 1.16 bits per heavy atom. The molecule has 2 aromatic carbocycles. The Hall–Kier alpha value is -2.83. The monoisotopic (exact) mass is 439 g/mol. The number of rotatable bonds is 3. The summed E-state index contributed by atoms with van der Waals surface area (Å²) in [5, 5.41) is 9.34. The Morgan fingerprint density at radius 3 is 2.39 bits per heavy atom. The summed E-state index contributed by atoms with van der Waals surface area (Å²) in [6, 6.07) is 7.35. The van der Waals surface area contributed by atoms with Gasteiger partial charge >= 0.3 is 0 Å². The van der Waals surface area contributed by atoms with Gasteiger partial charge in [-0.25, -0.2) is 8.78 Å². The quantitative estimate of drug-likeness (QED) is 0.555. The van der Waals surface area contributed by atoms with E-state index in [-0.39, 0.29) is 16.9 Å². The van der Waals surface area contributed by atoms with Crippen molar-refractivity contribution in [2.24, 2.45) is 5.92 Å². The van der Waals surface area contributed by atoms with Crippen molar-refractivity contribution in [2.75, 3.05) is 0 Å². The minimum atomic E-state index is -0.705. The largest absolute Gasteiger partial charge is 0.464 e. The molecule has 31 heavy (non-hydrogen) atoms. The number of carbonyl (C=O) groups excluding carboxylic acids is 1. The zero-order valence-electron chi connectivity index (χ0n) is 17.8. The van der Waals surface area contributed by atoms with Crippen LogP contribution in [0.25, 0.3) is 16.9 Å². The normalized spacial score (nSPS) is 15.0. The maximum atomic E-state index is 14.9. The fourth-order valence-electron chi connectivity index (χ4n) is 3.19. The average Bonchev–Trinajstić information content (AvgIpc) is 3.51. The summed E-state index contributed by atoms with van der Waals surface area (Å²) in [6.45, 7) is 5.49.